The largest absolute Gasteiger partial charge is 0.310 e. The topological polar surface area (TPSA) is 3.24 Å². The Morgan fingerprint density at radius 3 is 1.95 bits per heavy atom. The first kappa shape index (κ1) is 33.4. The molecule has 12 rings (SSSR count). The van der Waals surface area contributed by atoms with Gasteiger partial charge in [-0.3, -0.25) is 0 Å². The lowest BCUT2D eigenvalue weighted by Crippen LogP contribution is -2.14. The highest BCUT2D eigenvalue weighted by molar-refractivity contribution is 7.25. The summed E-state index contributed by atoms with van der Waals surface area (Å²) in [6.45, 7) is 4.76. The molecule has 0 N–H and O–H groups in total. The highest BCUT2D eigenvalue weighted by Crippen LogP contribution is 2.55. The second kappa shape index (κ2) is 12.6. The van der Waals surface area contributed by atoms with Gasteiger partial charge in [-0.1, -0.05) is 147 Å². The Balaban J connectivity index is 0.944. The number of nitrogens with zero attached hydrogens (tertiary/aromatic N) is 1. The van der Waals surface area contributed by atoms with Gasteiger partial charge in [-0.2, -0.15) is 0 Å². The summed E-state index contributed by atoms with van der Waals surface area (Å²) in [5.41, 5.74) is 19.9. The maximum absolute atomic E-state index is 2.41. The van der Waals surface area contributed by atoms with E-state index in [0.717, 1.165) is 23.5 Å². The summed E-state index contributed by atoms with van der Waals surface area (Å²) in [5.74, 6) is 0. The number of anilines is 3. The molecule has 0 fully saturated rings. The fourth-order valence-electron chi connectivity index (χ4n) is 10.1. The van der Waals surface area contributed by atoms with Crippen LogP contribution in [0.5, 0.6) is 0 Å². The summed E-state index contributed by atoms with van der Waals surface area (Å²) in [6.07, 6.45) is 0.952. The summed E-state index contributed by atoms with van der Waals surface area (Å²) < 4.78 is 2.63. The normalized spacial score (nSPS) is 13.4. The first-order valence-electron chi connectivity index (χ1n) is 20.3. The van der Waals surface area contributed by atoms with E-state index in [-0.39, 0.29) is 5.41 Å². The van der Waals surface area contributed by atoms with Gasteiger partial charge in [-0.25, -0.2) is 0 Å². The number of hydrogen-bond donors (Lipinski definition) is 0. The van der Waals surface area contributed by atoms with Gasteiger partial charge in [0.1, 0.15) is 0 Å². The predicted octanol–water partition coefficient (Wildman–Crippen LogP) is 15.9. The third-order valence-corrected chi connectivity index (χ3v) is 14.1. The number of rotatable bonds is 5. The third kappa shape index (κ3) is 5.01. The van der Waals surface area contributed by atoms with Crippen LogP contribution in [0.4, 0.5) is 17.1 Å². The van der Waals surface area contributed by atoms with Crippen LogP contribution in [0.1, 0.15) is 36.1 Å². The fraction of sp³-hybridized carbons (Fsp3) is 0.0714. The molecule has 2 aliphatic rings. The molecule has 0 amide bonds. The average molecular weight is 758 g/mol. The lowest BCUT2D eigenvalue weighted by atomic mass is 9.82. The Hall–Kier alpha value is -6.74. The number of fused-ring (bicyclic) bond motifs is 11. The summed E-state index contributed by atoms with van der Waals surface area (Å²) in [4.78, 5) is 2.41. The van der Waals surface area contributed by atoms with Crippen molar-refractivity contribution in [3.8, 4) is 44.5 Å². The Bertz CT molecular complexity index is 3280. The van der Waals surface area contributed by atoms with Gasteiger partial charge in [0.05, 0.1) is 0 Å². The Labute approximate surface area is 343 Å². The van der Waals surface area contributed by atoms with E-state index in [9.17, 15) is 0 Å². The van der Waals surface area contributed by atoms with Crippen molar-refractivity contribution in [3.05, 3.63) is 210 Å². The molecule has 0 saturated heterocycles. The van der Waals surface area contributed by atoms with E-state index in [2.05, 4.69) is 207 Å². The minimum Gasteiger partial charge on any atom is -0.310 e. The molecule has 0 aliphatic heterocycles. The molecule has 9 aromatic carbocycles. The first-order chi connectivity index (χ1) is 28.5. The van der Waals surface area contributed by atoms with Crippen LogP contribution < -0.4 is 4.90 Å². The van der Waals surface area contributed by atoms with Crippen molar-refractivity contribution in [1.29, 1.82) is 0 Å². The van der Waals surface area contributed by atoms with Crippen LogP contribution in [0.2, 0.25) is 0 Å². The molecule has 1 nitrogen and oxygen atoms in total. The van der Waals surface area contributed by atoms with Gasteiger partial charge in [-0.05, 0) is 139 Å². The van der Waals surface area contributed by atoms with E-state index in [1.54, 1.807) is 0 Å². The van der Waals surface area contributed by atoms with Gasteiger partial charge in [0, 0.05) is 42.6 Å². The zero-order valence-electron chi connectivity index (χ0n) is 32.5. The molecular weight excluding hydrogens is 719 g/mol. The smallest absolute Gasteiger partial charge is 0.0468 e. The van der Waals surface area contributed by atoms with Crippen LogP contribution in [0, 0.1) is 0 Å². The molecule has 0 atom stereocenters. The molecule has 1 heterocycles. The molecule has 2 aliphatic carbocycles. The van der Waals surface area contributed by atoms with Crippen molar-refractivity contribution in [1.82, 2.24) is 0 Å². The molecular formula is C56H39NS. The molecule has 58 heavy (non-hydrogen) atoms. The van der Waals surface area contributed by atoms with Crippen LogP contribution in [0.25, 0.3) is 75.5 Å². The summed E-state index contributed by atoms with van der Waals surface area (Å²) in [5, 5.41) is 5.07. The van der Waals surface area contributed by atoms with E-state index in [0.29, 0.717) is 0 Å². The van der Waals surface area contributed by atoms with Crippen molar-refractivity contribution in [2.24, 2.45) is 0 Å². The van der Waals surface area contributed by atoms with Gasteiger partial charge < -0.3 is 4.90 Å². The molecule has 2 heteroatoms. The first-order valence-corrected chi connectivity index (χ1v) is 21.1. The molecule has 0 saturated carbocycles. The van der Waals surface area contributed by atoms with Crippen LogP contribution in [0.15, 0.2) is 188 Å². The average Bonchev–Trinajstić information content (AvgIpc) is 3.92. The van der Waals surface area contributed by atoms with E-state index < -0.39 is 0 Å². The van der Waals surface area contributed by atoms with Crippen molar-refractivity contribution in [3.63, 3.8) is 0 Å². The van der Waals surface area contributed by atoms with Gasteiger partial charge in [0.15, 0.2) is 0 Å². The van der Waals surface area contributed by atoms with E-state index in [1.165, 1.54) is 97.7 Å². The van der Waals surface area contributed by atoms with Crippen molar-refractivity contribution in [2.45, 2.75) is 25.7 Å². The highest BCUT2D eigenvalue weighted by atomic mass is 32.1. The summed E-state index contributed by atoms with van der Waals surface area (Å²) >= 11 is 1.86. The Morgan fingerprint density at radius 2 is 1.05 bits per heavy atom. The second-order valence-corrected chi connectivity index (χ2v) is 17.6. The summed E-state index contributed by atoms with van der Waals surface area (Å²) in [6, 6.07) is 70.0. The van der Waals surface area contributed by atoms with Crippen molar-refractivity contribution in [2.75, 3.05) is 4.90 Å². The van der Waals surface area contributed by atoms with Gasteiger partial charge in [0.25, 0.3) is 0 Å². The lowest BCUT2D eigenvalue weighted by Gasteiger charge is -2.26. The number of thiophene rings is 1. The molecule has 0 spiro atoms. The monoisotopic (exact) mass is 757 g/mol. The molecule has 0 radical (unpaired) electrons. The summed E-state index contributed by atoms with van der Waals surface area (Å²) in [7, 11) is 0. The van der Waals surface area contributed by atoms with Crippen LogP contribution in [-0.2, 0) is 11.8 Å². The zero-order chi connectivity index (χ0) is 38.5. The lowest BCUT2D eigenvalue weighted by molar-refractivity contribution is 0.660. The standard InChI is InChI=1S/C56H39NS/c1-56(2)51-17-8-6-14-47(51)55-50-34-48-43(15-10-16-44(48)45(50)28-29-52(55)56)39-20-19-38-32-41(26-23-37(38)31-39)57(40-24-21-36(22-25-40)35-11-4-3-5-12-35)42-27-30-54-49(33-42)46-13-7-9-18-53(46)58-54/h3-33H,34H2,1-2H3. The second-order valence-electron chi connectivity index (χ2n) is 16.5. The Morgan fingerprint density at radius 1 is 0.414 bits per heavy atom. The molecule has 10 aromatic rings. The minimum atomic E-state index is 0.00197. The van der Waals surface area contributed by atoms with Gasteiger partial charge >= 0.3 is 0 Å². The van der Waals surface area contributed by atoms with E-state index in [1.807, 2.05) is 11.3 Å². The van der Waals surface area contributed by atoms with Crippen LogP contribution >= 0.6 is 11.3 Å². The predicted molar refractivity (Wildman–Crippen MR) is 248 cm³/mol. The van der Waals surface area contributed by atoms with Crippen LogP contribution in [0.3, 0.4) is 0 Å². The van der Waals surface area contributed by atoms with Crippen molar-refractivity contribution >= 4 is 59.3 Å². The minimum absolute atomic E-state index is 0.00197. The fourth-order valence-corrected chi connectivity index (χ4v) is 11.1. The highest BCUT2D eigenvalue weighted by Gasteiger charge is 2.39. The number of benzene rings is 9. The van der Waals surface area contributed by atoms with E-state index in [4.69, 9.17) is 0 Å². The Kier molecular flexibility index (Phi) is 7.28. The van der Waals surface area contributed by atoms with E-state index >= 15 is 0 Å². The SMILES string of the molecule is CC1(C)c2ccccc2-c2c1ccc1c2Cc2c(-c3ccc4cc(N(c5ccc(-c6ccccc6)cc5)c5ccc6sc7ccccc7c6c5)ccc4c3)cccc2-1. The number of hydrogen-bond acceptors (Lipinski definition) is 2. The maximum atomic E-state index is 2.41. The zero-order valence-corrected chi connectivity index (χ0v) is 33.3. The van der Waals surface area contributed by atoms with Crippen LogP contribution in [-0.4, -0.2) is 0 Å². The third-order valence-electron chi connectivity index (χ3n) is 12.9. The molecule has 0 bridgehead atoms. The van der Waals surface area contributed by atoms with Crippen molar-refractivity contribution < 1.29 is 0 Å². The molecule has 0 unspecified atom stereocenters. The van der Waals surface area contributed by atoms with Gasteiger partial charge in [0.2, 0.25) is 0 Å². The quantitative estimate of drug-likeness (QED) is 0.169. The molecule has 274 valence electrons. The maximum Gasteiger partial charge on any atom is 0.0468 e. The van der Waals surface area contributed by atoms with Gasteiger partial charge in [-0.15, -0.1) is 11.3 Å². The molecule has 1 aromatic heterocycles.